The van der Waals surface area contributed by atoms with E-state index in [1.807, 2.05) is 11.3 Å². The highest BCUT2D eigenvalue weighted by molar-refractivity contribution is 7.15. The maximum Gasteiger partial charge on any atom is 0.185 e. The minimum atomic E-state index is 0.563. The second kappa shape index (κ2) is 7.41. The summed E-state index contributed by atoms with van der Waals surface area (Å²) in [4.78, 5) is 8.81. The van der Waals surface area contributed by atoms with Crippen molar-refractivity contribution < 1.29 is 0 Å². The minimum Gasteiger partial charge on any atom is -0.348 e. The Morgan fingerprint density at radius 2 is 2.15 bits per heavy atom. The van der Waals surface area contributed by atoms with Crippen LogP contribution < -0.4 is 10.2 Å². The van der Waals surface area contributed by atoms with E-state index in [0.29, 0.717) is 5.92 Å². The Hall–Kier alpha value is -0.610. The molecule has 0 aromatic carbocycles. The molecule has 1 N–H and O–H groups in total. The Kier molecular flexibility index (Phi) is 5.85. The molecule has 2 rings (SSSR count). The van der Waals surface area contributed by atoms with Gasteiger partial charge in [0.05, 0.1) is 5.69 Å². The first kappa shape index (κ1) is 15.8. The molecule has 1 heterocycles. The average Bonchev–Trinajstić information content (AvgIpc) is 2.80. The summed E-state index contributed by atoms with van der Waals surface area (Å²) in [5.74, 6) is 0.563. The van der Waals surface area contributed by atoms with Gasteiger partial charge in [0, 0.05) is 24.5 Å². The molecule has 0 amide bonds. The van der Waals surface area contributed by atoms with E-state index in [0.717, 1.165) is 25.6 Å². The third-order valence-electron chi connectivity index (χ3n) is 4.43. The van der Waals surface area contributed by atoms with Crippen molar-refractivity contribution in [2.24, 2.45) is 0 Å². The maximum atomic E-state index is 4.97. The van der Waals surface area contributed by atoms with Crippen LogP contribution in [0.25, 0.3) is 0 Å². The van der Waals surface area contributed by atoms with Crippen molar-refractivity contribution in [3.63, 3.8) is 0 Å². The van der Waals surface area contributed by atoms with Gasteiger partial charge in [-0.3, -0.25) is 0 Å². The van der Waals surface area contributed by atoms with Crippen LogP contribution in [0.2, 0.25) is 0 Å². The van der Waals surface area contributed by atoms with Crippen LogP contribution in [0.3, 0.4) is 0 Å². The predicted octanol–water partition coefficient (Wildman–Crippen LogP) is 4.14. The molecule has 0 aliphatic heterocycles. The smallest absolute Gasteiger partial charge is 0.185 e. The van der Waals surface area contributed by atoms with E-state index in [1.54, 1.807) is 0 Å². The third kappa shape index (κ3) is 3.53. The maximum absolute atomic E-state index is 4.97. The summed E-state index contributed by atoms with van der Waals surface area (Å²) < 4.78 is 0. The van der Waals surface area contributed by atoms with Gasteiger partial charge >= 0.3 is 0 Å². The monoisotopic (exact) mass is 295 g/mol. The quantitative estimate of drug-likeness (QED) is 0.730. The Bertz CT molecular complexity index is 412. The molecule has 0 radical (unpaired) electrons. The standard InChI is InChI=1S/C16H29N3S/c1-5-10-17-11-14-15(12(3)6-2)18-16(20-14)19(4)13-8-7-9-13/h12-13,17H,5-11H2,1-4H3. The first-order valence-electron chi connectivity index (χ1n) is 8.10. The number of nitrogens with zero attached hydrogens (tertiary/aromatic N) is 2. The molecule has 114 valence electrons. The molecule has 1 fully saturated rings. The zero-order valence-corrected chi connectivity index (χ0v) is 14.2. The Labute approximate surface area is 127 Å². The molecule has 1 saturated carbocycles. The van der Waals surface area contributed by atoms with E-state index < -0.39 is 0 Å². The van der Waals surface area contributed by atoms with Crippen LogP contribution in [0, 0.1) is 0 Å². The van der Waals surface area contributed by atoms with E-state index in [9.17, 15) is 0 Å². The molecule has 1 aliphatic carbocycles. The largest absolute Gasteiger partial charge is 0.348 e. The van der Waals surface area contributed by atoms with Crippen LogP contribution in [0.5, 0.6) is 0 Å². The Morgan fingerprint density at radius 3 is 2.70 bits per heavy atom. The second-order valence-corrected chi connectivity index (χ2v) is 7.05. The fourth-order valence-electron chi connectivity index (χ4n) is 2.52. The summed E-state index contributed by atoms with van der Waals surface area (Å²) in [7, 11) is 2.21. The highest BCUT2D eigenvalue weighted by Gasteiger charge is 2.26. The number of thiazole rings is 1. The van der Waals surface area contributed by atoms with E-state index in [2.05, 4.69) is 38.0 Å². The lowest BCUT2D eigenvalue weighted by molar-refractivity contribution is 0.400. The van der Waals surface area contributed by atoms with Crippen molar-refractivity contribution in [3.05, 3.63) is 10.6 Å². The van der Waals surface area contributed by atoms with Crippen LogP contribution in [0.1, 0.15) is 69.4 Å². The van der Waals surface area contributed by atoms with Crippen molar-refractivity contribution in [1.29, 1.82) is 0 Å². The van der Waals surface area contributed by atoms with E-state index >= 15 is 0 Å². The van der Waals surface area contributed by atoms with Crippen molar-refractivity contribution in [1.82, 2.24) is 10.3 Å². The van der Waals surface area contributed by atoms with Crippen LogP contribution in [-0.2, 0) is 6.54 Å². The molecule has 1 aromatic rings. The van der Waals surface area contributed by atoms with Gasteiger partial charge in [-0.05, 0) is 44.6 Å². The van der Waals surface area contributed by atoms with Crippen molar-refractivity contribution in [2.45, 2.75) is 71.4 Å². The number of hydrogen-bond donors (Lipinski definition) is 1. The Morgan fingerprint density at radius 1 is 1.40 bits per heavy atom. The van der Waals surface area contributed by atoms with Crippen molar-refractivity contribution >= 4 is 16.5 Å². The van der Waals surface area contributed by atoms with Crippen LogP contribution in [0.15, 0.2) is 0 Å². The highest BCUT2D eigenvalue weighted by Crippen LogP contribution is 2.35. The summed E-state index contributed by atoms with van der Waals surface area (Å²) in [5.41, 5.74) is 1.32. The molecule has 3 nitrogen and oxygen atoms in total. The van der Waals surface area contributed by atoms with Crippen LogP contribution in [0.4, 0.5) is 5.13 Å². The van der Waals surface area contributed by atoms with E-state index in [-0.39, 0.29) is 0 Å². The van der Waals surface area contributed by atoms with Gasteiger partial charge in [0.1, 0.15) is 0 Å². The summed E-state index contributed by atoms with van der Waals surface area (Å²) in [5, 5.41) is 4.75. The number of hydrogen-bond acceptors (Lipinski definition) is 4. The van der Waals surface area contributed by atoms with E-state index in [4.69, 9.17) is 4.98 Å². The van der Waals surface area contributed by atoms with Crippen LogP contribution in [-0.4, -0.2) is 24.6 Å². The van der Waals surface area contributed by atoms with Gasteiger partial charge in [0.2, 0.25) is 0 Å². The number of anilines is 1. The Balaban J connectivity index is 2.12. The first-order chi connectivity index (χ1) is 9.67. The minimum absolute atomic E-state index is 0.563. The molecule has 0 bridgehead atoms. The molecular formula is C16H29N3S. The average molecular weight is 295 g/mol. The lowest BCUT2D eigenvalue weighted by Gasteiger charge is -2.34. The zero-order valence-electron chi connectivity index (χ0n) is 13.4. The molecule has 1 aliphatic rings. The topological polar surface area (TPSA) is 28.2 Å². The molecule has 4 heteroatoms. The van der Waals surface area contributed by atoms with Gasteiger partial charge in [0.15, 0.2) is 5.13 Å². The summed E-state index contributed by atoms with van der Waals surface area (Å²) in [6.45, 7) is 8.83. The molecule has 0 spiro atoms. The summed E-state index contributed by atoms with van der Waals surface area (Å²) >= 11 is 1.89. The van der Waals surface area contributed by atoms with Crippen molar-refractivity contribution in [2.75, 3.05) is 18.5 Å². The lowest BCUT2D eigenvalue weighted by Crippen LogP contribution is -2.37. The van der Waals surface area contributed by atoms with Gasteiger partial charge < -0.3 is 10.2 Å². The fourth-order valence-corrected chi connectivity index (χ4v) is 3.70. The number of nitrogens with one attached hydrogen (secondary N) is 1. The summed E-state index contributed by atoms with van der Waals surface area (Å²) in [6.07, 6.45) is 6.39. The molecule has 1 unspecified atom stereocenters. The fraction of sp³-hybridized carbons (Fsp3) is 0.812. The zero-order chi connectivity index (χ0) is 14.5. The van der Waals surface area contributed by atoms with Crippen molar-refractivity contribution in [3.8, 4) is 0 Å². The van der Waals surface area contributed by atoms with Gasteiger partial charge in [-0.25, -0.2) is 4.98 Å². The SMILES string of the molecule is CCCNCc1sc(N(C)C2CCC2)nc1C(C)CC. The number of aromatic nitrogens is 1. The molecule has 1 atom stereocenters. The highest BCUT2D eigenvalue weighted by atomic mass is 32.1. The molecular weight excluding hydrogens is 266 g/mol. The second-order valence-electron chi connectivity index (χ2n) is 5.99. The number of rotatable bonds is 8. The molecule has 20 heavy (non-hydrogen) atoms. The lowest BCUT2D eigenvalue weighted by atomic mass is 9.92. The van der Waals surface area contributed by atoms with Gasteiger partial charge in [-0.15, -0.1) is 11.3 Å². The van der Waals surface area contributed by atoms with Gasteiger partial charge in [0.25, 0.3) is 0 Å². The first-order valence-corrected chi connectivity index (χ1v) is 8.92. The molecule has 0 saturated heterocycles. The van der Waals surface area contributed by atoms with Crippen LogP contribution >= 0.6 is 11.3 Å². The van der Waals surface area contributed by atoms with Gasteiger partial charge in [-0.2, -0.15) is 0 Å². The normalized spacial score (nSPS) is 17.0. The third-order valence-corrected chi connectivity index (χ3v) is 5.59. The summed E-state index contributed by atoms with van der Waals surface area (Å²) in [6, 6.07) is 0.724. The van der Waals surface area contributed by atoms with Gasteiger partial charge in [-0.1, -0.05) is 20.8 Å². The van der Waals surface area contributed by atoms with E-state index in [1.165, 1.54) is 41.4 Å². The predicted molar refractivity (Wildman–Crippen MR) is 88.9 cm³/mol. The molecule has 1 aromatic heterocycles.